The van der Waals surface area contributed by atoms with Crippen molar-refractivity contribution >= 4 is 0 Å². The maximum atomic E-state index is 5.80. The van der Waals surface area contributed by atoms with Crippen molar-refractivity contribution in [3.05, 3.63) is 34.9 Å². The molecule has 1 aromatic rings. The predicted octanol–water partition coefficient (Wildman–Crippen LogP) is 3.29. The van der Waals surface area contributed by atoms with Crippen molar-refractivity contribution in [2.45, 2.75) is 45.4 Å². The van der Waals surface area contributed by atoms with Gasteiger partial charge in [0.1, 0.15) is 0 Å². The zero-order valence-corrected chi connectivity index (χ0v) is 13.5. The molecule has 0 heterocycles. The Balaban J connectivity index is 3.13. The first-order valence-corrected chi connectivity index (χ1v) is 7.21. The van der Waals surface area contributed by atoms with Gasteiger partial charge >= 0.3 is 0 Å². The number of nitrogens with two attached hydrogens (primary N) is 1. The first kappa shape index (κ1) is 16.2. The van der Waals surface area contributed by atoms with Gasteiger partial charge in [0.15, 0.2) is 0 Å². The van der Waals surface area contributed by atoms with Crippen LogP contribution < -0.4 is 5.73 Å². The van der Waals surface area contributed by atoms with Crippen LogP contribution in [0.5, 0.6) is 0 Å². The minimum absolute atomic E-state index is 0.202. The Morgan fingerprint density at radius 2 is 1.84 bits per heavy atom. The quantitative estimate of drug-likeness (QED) is 0.882. The molecule has 0 spiro atoms. The molecule has 0 saturated carbocycles. The van der Waals surface area contributed by atoms with Crippen LogP contribution in [0.15, 0.2) is 18.2 Å². The van der Waals surface area contributed by atoms with Gasteiger partial charge in [-0.1, -0.05) is 39.0 Å². The molecule has 108 valence electrons. The third kappa shape index (κ3) is 4.63. The molecule has 0 saturated heterocycles. The lowest BCUT2D eigenvalue weighted by Crippen LogP contribution is -2.23. The summed E-state index contributed by atoms with van der Waals surface area (Å²) in [5.41, 5.74) is 10.3. The molecule has 0 aliphatic rings. The molecule has 0 fully saturated rings. The van der Waals surface area contributed by atoms with Gasteiger partial charge in [0.05, 0.1) is 0 Å². The topological polar surface area (TPSA) is 29.3 Å². The average Bonchev–Trinajstić information content (AvgIpc) is 2.27. The number of rotatable bonds is 5. The number of hydrogen-bond donors (Lipinski definition) is 1. The second-order valence-electron chi connectivity index (χ2n) is 6.86. The number of nitrogens with zero attached hydrogens (tertiary/aromatic N) is 1. The minimum Gasteiger partial charge on any atom is -0.330 e. The highest BCUT2D eigenvalue weighted by Crippen LogP contribution is 2.29. The number of benzene rings is 1. The van der Waals surface area contributed by atoms with Crippen LogP contribution in [-0.4, -0.2) is 32.1 Å². The summed E-state index contributed by atoms with van der Waals surface area (Å²) in [6.45, 7) is 10.8. The average molecular weight is 262 g/mol. The Hall–Kier alpha value is -0.860. The molecule has 2 heteroatoms. The first-order valence-electron chi connectivity index (χ1n) is 7.21. The second-order valence-corrected chi connectivity index (χ2v) is 6.86. The monoisotopic (exact) mass is 262 g/mol. The number of aryl methyl sites for hydroxylation is 1. The maximum Gasteiger partial charge on any atom is 0.00447 e. The number of hydrogen-bond acceptors (Lipinski definition) is 2. The summed E-state index contributed by atoms with van der Waals surface area (Å²) in [7, 11) is 4.26. The van der Waals surface area contributed by atoms with E-state index < -0.39 is 0 Å². The van der Waals surface area contributed by atoms with Gasteiger partial charge in [0.2, 0.25) is 0 Å². The molecular weight excluding hydrogens is 232 g/mol. The Labute approximate surface area is 119 Å². The van der Waals surface area contributed by atoms with E-state index in [4.69, 9.17) is 5.73 Å². The molecule has 0 bridgehead atoms. The lowest BCUT2D eigenvalue weighted by atomic mass is 9.82. The zero-order chi connectivity index (χ0) is 14.6. The van der Waals surface area contributed by atoms with Crippen LogP contribution in [0.1, 0.15) is 49.8 Å². The Morgan fingerprint density at radius 3 is 2.32 bits per heavy atom. The molecule has 0 aromatic heterocycles. The van der Waals surface area contributed by atoms with E-state index in [-0.39, 0.29) is 5.41 Å². The largest absolute Gasteiger partial charge is 0.330 e. The SMILES string of the molecule is Cc1ccc(C(C)(C)C)cc1C(CCN)CN(C)C. The summed E-state index contributed by atoms with van der Waals surface area (Å²) < 4.78 is 0. The van der Waals surface area contributed by atoms with Gasteiger partial charge in [0, 0.05) is 6.54 Å². The molecule has 19 heavy (non-hydrogen) atoms. The van der Waals surface area contributed by atoms with Crippen LogP contribution in [0.25, 0.3) is 0 Å². The van der Waals surface area contributed by atoms with Crippen LogP contribution in [0.2, 0.25) is 0 Å². The maximum absolute atomic E-state index is 5.80. The molecule has 1 atom stereocenters. The van der Waals surface area contributed by atoms with Gasteiger partial charge in [-0.15, -0.1) is 0 Å². The Bertz CT molecular complexity index is 402. The normalized spacial score (nSPS) is 13.9. The highest BCUT2D eigenvalue weighted by molar-refractivity contribution is 5.37. The van der Waals surface area contributed by atoms with E-state index in [0.717, 1.165) is 19.5 Å². The van der Waals surface area contributed by atoms with Gasteiger partial charge < -0.3 is 10.6 Å². The van der Waals surface area contributed by atoms with E-state index in [9.17, 15) is 0 Å². The first-order chi connectivity index (χ1) is 8.75. The van der Waals surface area contributed by atoms with Crippen molar-refractivity contribution in [2.75, 3.05) is 27.2 Å². The van der Waals surface area contributed by atoms with Gasteiger partial charge in [-0.2, -0.15) is 0 Å². The van der Waals surface area contributed by atoms with Gasteiger partial charge in [-0.05, 0) is 62.0 Å². The van der Waals surface area contributed by atoms with Crippen molar-refractivity contribution < 1.29 is 0 Å². The standard InChI is InChI=1S/C17H30N2/c1-13-7-8-15(17(2,3)4)11-16(13)14(9-10-18)12-19(5)6/h7-8,11,14H,9-10,12,18H2,1-6H3. The third-order valence-electron chi connectivity index (χ3n) is 3.69. The van der Waals surface area contributed by atoms with Crippen molar-refractivity contribution in [2.24, 2.45) is 5.73 Å². The van der Waals surface area contributed by atoms with Crippen molar-refractivity contribution in [1.29, 1.82) is 0 Å². The molecule has 0 radical (unpaired) electrons. The van der Waals surface area contributed by atoms with E-state index in [1.165, 1.54) is 16.7 Å². The molecule has 0 aliphatic heterocycles. The molecule has 0 aliphatic carbocycles. The summed E-state index contributed by atoms with van der Waals surface area (Å²) in [6, 6.07) is 6.91. The van der Waals surface area contributed by atoms with E-state index in [0.29, 0.717) is 5.92 Å². The molecular formula is C17H30N2. The Kier molecular flexibility index (Phi) is 5.57. The van der Waals surface area contributed by atoms with Crippen molar-refractivity contribution in [3.8, 4) is 0 Å². The highest BCUT2D eigenvalue weighted by atomic mass is 15.1. The summed E-state index contributed by atoms with van der Waals surface area (Å²) in [5, 5.41) is 0. The second kappa shape index (κ2) is 6.53. The summed E-state index contributed by atoms with van der Waals surface area (Å²) in [4.78, 5) is 2.25. The molecule has 0 amide bonds. The highest BCUT2D eigenvalue weighted by Gasteiger charge is 2.19. The summed E-state index contributed by atoms with van der Waals surface area (Å²) in [6.07, 6.45) is 1.05. The van der Waals surface area contributed by atoms with Gasteiger partial charge in [-0.3, -0.25) is 0 Å². The van der Waals surface area contributed by atoms with Crippen molar-refractivity contribution in [1.82, 2.24) is 4.90 Å². The smallest absolute Gasteiger partial charge is 0.00447 e. The Morgan fingerprint density at radius 1 is 1.21 bits per heavy atom. The predicted molar refractivity (Wildman–Crippen MR) is 84.8 cm³/mol. The molecule has 1 unspecified atom stereocenters. The van der Waals surface area contributed by atoms with E-state index >= 15 is 0 Å². The number of likely N-dealkylation sites (N-methyl/N-ethyl adjacent to an activating group) is 1. The van der Waals surface area contributed by atoms with Gasteiger partial charge in [-0.25, -0.2) is 0 Å². The van der Waals surface area contributed by atoms with E-state index in [1.807, 2.05) is 0 Å². The van der Waals surface area contributed by atoms with Crippen LogP contribution in [-0.2, 0) is 5.41 Å². The van der Waals surface area contributed by atoms with Crippen LogP contribution in [0.4, 0.5) is 0 Å². The fourth-order valence-electron chi connectivity index (χ4n) is 2.53. The molecule has 2 nitrogen and oxygen atoms in total. The van der Waals surface area contributed by atoms with Gasteiger partial charge in [0.25, 0.3) is 0 Å². The summed E-state index contributed by atoms with van der Waals surface area (Å²) >= 11 is 0. The van der Waals surface area contributed by atoms with Crippen LogP contribution in [0.3, 0.4) is 0 Å². The van der Waals surface area contributed by atoms with Crippen molar-refractivity contribution in [3.63, 3.8) is 0 Å². The minimum atomic E-state index is 0.202. The molecule has 2 N–H and O–H groups in total. The third-order valence-corrected chi connectivity index (χ3v) is 3.69. The van der Waals surface area contributed by atoms with Crippen LogP contribution in [0, 0.1) is 6.92 Å². The fraction of sp³-hybridized carbons (Fsp3) is 0.647. The van der Waals surface area contributed by atoms with E-state index in [2.05, 4.69) is 64.9 Å². The lowest BCUT2D eigenvalue weighted by molar-refractivity contribution is 0.364. The molecule has 1 aromatic carbocycles. The van der Waals surface area contributed by atoms with E-state index in [1.54, 1.807) is 0 Å². The summed E-state index contributed by atoms with van der Waals surface area (Å²) in [5.74, 6) is 0.530. The zero-order valence-electron chi connectivity index (χ0n) is 13.5. The van der Waals surface area contributed by atoms with Crippen LogP contribution >= 0.6 is 0 Å². The molecule has 1 rings (SSSR count). The fourth-order valence-corrected chi connectivity index (χ4v) is 2.53. The lowest BCUT2D eigenvalue weighted by Gasteiger charge is -2.26.